The maximum absolute atomic E-state index is 13.7. The molecule has 0 atom stereocenters. The molecule has 0 aliphatic carbocycles. The van der Waals surface area contributed by atoms with Crippen LogP contribution in [0.2, 0.25) is 0 Å². The van der Waals surface area contributed by atoms with Crippen LogP contribution in [0.15, 0.2) is 12.1 Å². The third-order valence-electron chi connectivity index (χ3n) is 1.90. The van der Waals surface area contributed by atoms with Crippen molar-refractivity contribution >= 4 is 11.7 Å². The van der Waals surface area contributed by atoms with Gasteiger partial charge in [-0.05, 0) is 26.8 Å². The largest absolute Gasteiger partial charge is 0.507 e. The fourth-order valence-corrected chi connectivity index (χ4v) is 1.22. The molecule has 0 radical (unpaired) electrons. The zero-order valence-electron chi connectivity index (χ0n) is 10.1. The summed E-state index contributed by atoms with van der Waals surface area (Å²) in [4.78, 5) is 21.2. The van der Waals surface area contributed by atoms with Gasteiger partial charge >= 0.3 is 11.7 Å². The van der Waals surface area contributed by atoms with Gasteiger partial charge in [-0.25, -0.2) is 4.79 Å². The zero-order chi connectivity index (χ0) is 14.1. The zero-order valence-corrected chi connectivity index (χ0v) is 10.1. The molecule has 0 saturated heterocycles. The Morgan fingerprint density at radius 2 is 2.00 bits per heavy atom. The van der Waals surface area contributed by atoms with E-state index >= 15 is 0 Å². The van der Waals surface area contributed by atoms with Crippen molar-refractivity contribution in [3.8, 4) is 5.75 Å². The maximum Gasteiger partial charge on any atom is 0.345 e. The summed E-state index contributed by atoms with van der Waals surface area (Å²) in [6.07, 6.45) is 0. The third kappa shape index (κ3) is 2.93. The van der Waals surface area contributed by atoms with E-state index in [1.165, 1.54) is 0 Å². The lowest BCUT2D eigenvalue weighted by Gasteiger charge is -2.19. The highest BCUT2D eigenvalue weighted by atomic mass is 19.1. The number of halogens is 1. The SMILES string of the molecule is CC(C)(C)OC(=O)c1c(O)ccc([N+](=O)[O-])c1F. The van der Waals surface area contributed by atoms with Crippen LogP contribution in [0.3, 0.4) is 0 Å². The van der Waals surface area contributed by atoms with Crippen LogP contribution >= 0.6 is 0 Å². The van der Waals surface area contributed by atoms with Gasteiger partial charge in [0.15, 0.2) is 0 Å². The number of carbonyl (C=O) groups excluding carboxylic acids is 1. The minimum Gasteiger partial charge on any atom is -0.507 e. The Labute approximate surface area is 102 Å². The first kappa shape index (κ1) is 13.9. The van der Waals surface area contributed by atoms with Gasteiger partial charge in [0.05, 0.1) is 4.92 Å². The Balaban J connectivity index is 3.28. The fraction of sp³-hybridized carbons (Fsp3) is 0.364. The van der Waals surface area contributed by atoms with Crippen molar-refractivity contribution in [3.05, 3.63) is 33.6 Å². The van der Waals surface area contributed by atoms with Crippen molar-refractivity contribution in [1.82, 2.24) is 0 Å². The molecule has 6 nitrogen and oxygen atoms in total. The summed E-state index contributed by atoms with van der Waals surface area (Å²) in [5.41, 5.74) is -2.63. The van der Waals surface area contributed by atoms with E-state index in [0.717, 1.165) is 12.1 Å². The average molecular weight is 257 g/mol. The van der Waals surface area contributed by atoms with Gasteiger partial charge in [0.2, 0.25) is 5.82 Å². The van der Waals surface area contributed by atoms with Crippen LogP contribution in [-0.4, -0.2) is 21.6 Å². The van der Waals surface area contributed by atoms with Gasteiger partial charge in [-0.3, -0.25) is 10.1 Å². The van der Waals surface area contributed by atoms with Crippen LogP contribution in [0, 0.1) is 15.9 Å². The van der Waals surface area contributed by atoms with Crippen molar-refractivity contribution in [2.24, 2.45) is 0 Å². The Morgan fingerprint density at radius 3 is 2.44 bits per heavy atom. The number of rotatable bonds is 2. The van der Waals surface area contributed by atoms with Gasteiger partial charge in [-0.1, -0.05) is 0 Å². The van der Waals surface area contributed by atoms with E-state index in [0.29, 0.717) is 0 Å². The van der Waals surface area contributed by atoms with Crippen LogP contribution in [0.4, 0.5) is 10.1 Å². The van der Waals surface area contributed by atoms with Gasteiger partial charge in [0.25, 0.3) is 0 Å². The van der Waals surface area contributed by atoms with Crippen molar-refractivity contribution in [2.45, 2.75) is 26.4 Å². The highest BCUT2D eigenvalue weighted by Gasteiger charge is 2.29. The molecule has 0 heterocycles. The summed E-state index contributed by atoms with van der Waals surface area (Å²) in [7, 11) is 0. The number of nitro groups is 1. The second-order valence-electron chi connectivity index (χ2n) is 4.55. The topological polar surface area (TPSA) is 89.7 Å². The maximum atomic E-state index is 13.7. The summed E-state index contributed by atoms with van der Waals surface area (Å²) in [6, 6.07) is 1.65. The van der Waals surface area contributed by atoms with Gasteiger partial charge in [0, 0.05) is 6.07 Å². The highest BCUT2D eigenvalue weighted by Crippen LogP contribution is 2.29. The fourth-order valence-electron chi connectivity index (χ4n) is 1.22. The van der Waals surface area contributed by atoms with E-state index in [4.69, 9.17) is 4.74 Å². The summed E-state index contributed by atoms with van der Waals surface area (Å²) >= 11 is 0. The number of aromatic hydroxyl groups is 1. The molecular weight excluding hydrogens is 245 g/mol. The van der Waals surface area contributed by atoms with Crippen LogP contribution in [0.1, 0.15) is 31.1 Å². The smallest absolute Gasteiger partial charge is 0.345 e. The van der Waals surface area contributed by atoms with Gasteiger partial charge in [0.1, 0.15) is 16.9 Å². The summed E-state index contributed by atoms with van der Waals surface area (Å²) in [6.45, 7) is 4.66. The second kappa shape index (κ2) is 4.59. The summed E-state index contributed by atoms with van der Waals surface area (Å²) in [5.74, 6) is -3.26. The van der Waals surface area contributed by atoms with Gasteiger partial charge < -0.3 is 9.84 Å². The Bertz CT molecular complexity index is 507. The summed E-state index contributed by atoms with van der Waals surface area (Å²) in [5, 5.41) is 19.9. The van der Waals surface area contributed by atoms with Crippen LogP contribution in [0.5, 0.6) is 5.75 Å². The minimum atomic E-state index is -1.41. The molecule has 0 spiro atoms. The standard InChI is InChI=1S/C11H12FNO5/c1-11(2,3)18-10(15)8-7(14)5-4-6(9(8)12)13(16)17/h4-5,14H,1-3H3. The lowest BCUT2D eigenvalue weighted by Crippen LogP contribution is -2.24. The molecule has 1 aromatic carbocycles. The number of benzene rings is 1. The number of phenols is 1. The predicted molar refractivity (Wildman–Crippen MR) is 59.9 cm³/mol. The first-order valence-corrected chi connectivity index (χ1v) is 5.02. The molecule has 1 rings (SSSR count). The van der Waals surface area contributed by atoms with Crippen molar-refractivity contribution in [2.75, 3.05) is 0 Å². The molecule has 0 fully saturated rings. The monoisotopic (exact) mass is 257 g/mol. The number of nitro benzene ring substituents is 1. The lowest BCUT2D eigenvalue weighted by molar-refractivity contribution is -0.387. The molecule has 0 aliphatic rings. The van der Waals surface area contributed by atoms with Gasteiger partial charge in [-0.2, -0.15) is 4.39 Å². The molecule has 0 saturated carbocycles. The highest BCUT2D eigenvalue weighted by molar-refractivity contribution is 5.93. The first-order chi connectivity index (χ1) is 8.13. The van der Waals surface area contributed by atoms with Crippen molar-refractivity contribution in [3.63, 3.8) is 0 Å². The number of phenolic OH excluding ortho intramolecular Hbond substituents is 1. The first-order valence-electron chi connectivity index (χ1n) is 5.02. The lowest BCUT2D eigenvalue weighted by atomic mass is 10.1. The van der Waals surface area contributed by atoms with Crippen molar-refractivity contribution in [1.29, 1.82) is 0 Å². The number of nitrogens with zero attached hydrogens (tertiary/aromatic N) is 1. The molecule has 18 heavy (non-hydrogen) atoms. The Kier molecular flexibility index (Phi) is 3.54. The molecule has 0 bridgehead atoms. The number of hydrogen-bond donors (Lipinski definition) is 1. The van der Waals surface area contributed by atoms with Crippen LogP contribution in [-0.2, 0) is 4.74 Å². The predicted octanol–water partition coefficient (Wildman–Crippen LogP) is 2.39. The Morgan fingerprint density at radius 1 is 1.44 bits per heavy atom. The van der Waals surface area contributed by atoms with E-state index in [9.17, 15) is 24.4 Å². The molecule has 0 aliphatic heterocycles. The molecule has 7 heteroatoms. The number of esters is 1. The normalized spacial score (nSPS) is 11.1. The molecule has 1 N–H and O–H groups in total. The summed E-state index contributed by atoms with van der Waals surface area (Å²) < 4.78 is 18.6. The van der Waals surface area contributed by atoms with Gasteiger partial charge in [-0.15, -0.1) is 0 Å². The quantitative estimate of drug-likeness (QED) is 0.499. The minimum absolute atomic E-state index is 0.702. The molecular formula is C11H12FNO5. The molecule has 1 aromatic rings. The van der Waals surface area contributed by atoms with E-state index in [1.54, 1.807) is 20.8 Å². The van der Waals surface area contributed by atoms with Crippen LogP contribution in [0.25, 0.3) is 0 Å². The second-order valence-corrected chi connectivity index (χ2v) is 4.55. The molecule has 0 unspecified atom stereocenters. The molecule has 0 amide bonds. The van der Waals surface area contributed by atoms with E-state index in [1.807, 2.05) is 0 Å². The van der Waals surface area contributed by atoms with E-state index in [2.05, 4.69) is 0 Å². The molecule has 0 aromatic heterocycles. The van der Waals surface area contributed by atoms with Crippen LogP contribution < -0.4 is 0 Å². The number of carbonyl (C=O) groups is 1. The Hall–Kier alpha value is -2.18. The molecule has 98 valence electrons. The van der Waals surface area contributed by atoms with E-state index < -0.39 is 39.3 Å². The third-order valence-corrected chi connectivity index (χ3v) is 1.90. The number of ether oxygens (including phenoxy) is 1. The number of hydrogen-bond acceptors (Lipinski definition) is 5. The van der Waals surface area contributed by atoms with Crippen molar-refractivity contribution < 1.29 is 24.0 Å². The van der Waals surface area contributed by atoms with E-state index in [-0.39, 0.29) is 0 Å². The average Bonchev–Trinajstić information content (AvgIpc) is 2.13.